The predicted octanol–water partition coefficient (Wildman–Crippen LogP) is 8.22. The van der Waals surface area contributed by atoms with Crippen LogP contribution in [0.2, 0.25) is 0 Å². The molecule has 0 saturated carbocycles. The number of aliphatic hydroxyl groups excluding tert-OH is 2. The lowest BCUT2D eigenvalue weighted by atomic mass is 9.86. The van der Waals surface area contributed by atoms with Crippen LogP contribution >= 0.6 is 0 Å². The van der Waals surface area contributed by atoms with Crippen LogP contribution in [-0.4, -0.2) is 41.3 Å². The molecule has 2 N–H and O–H groups in total. The van der Waals surface area contributed by atoms with E-state index in [0.717, 1.165) is 32.8 Å². The van der Waals surface area contributed by atoms with Gasteiger partial charge in [-0.15, -0.1) is 6.58 Å². The summed E-state index contributed by atoms with van der Waals surface area (Å²) in [5.41, 5.74) is 0.424. The molecule has 0 aliphatic heterocycles. The topological polar surface area (TPSA) is 83.8 Å². The zero-order valence-corrected chi connectivity index (χ0v) is 24.5. The maximum atomic E-state index is 13.1. The Morgan fingerprint density at radius 2 is 1.32 bits per heavy atom. The van der Waals surface area contributed by atoms with E-state index in [1.807, 2.05) is 12.1 Å². The lowest BCUT2D eigenvalue weighted by molar-refractivity contribution is -0.135. The number of benzene rings is 1. The fourth-order valence-corrected chi connectivity index (χ4v) is 4.74. The van der Waals surface area contributed by atoms with Gasteiger partial charge in [0, 0.05) is 13.0 Å². The third-order valence-corrected chi connectivity index (χ3v) is 7.05. The molecule has 0 unspecified atom stereocenters. The summed E-state index contributed by atoms with van der Waals surface area (Å²) >= 11 is 0. The average molecular weight is 533 g/mol. The number of esters is 1. The van der Waals surface area contributed by atoms with Crippen molar-refractivity contribution in [2.75, 3.05) is 7.11 Å². The van der Waals surface area contributed by atoms with E-state index in [4.69, 9.17) is 9.84 Å². The molecule has 38 heavy (non-hydrogen) atoms. The highest BCUT2D eigenvalue weighted by atomic mass is 16.5. The van der Waals surface area contributed by atoms with Crippen molar-refractivity contribution in [3.8, 4) is 0 Å². The van der Waals surface area contributed by atoms with Crippen LogP contribution < -0.4 is 0 Å². The quantitative estimate of drug-likeness (QED) is 0.0842. The van der Waals surface area contributed by atoms with Crippen molar-refractivity contribution < 1.29 is 24.5 Å². The minimum atomic E-state index is -0.882. The van der Waals surface area contributed by atoms with Crippen molar-refractivity contribution in [2.24, 2.45) is 5.92 Å². The van der Waals surface area contributed by atoms with Crippen LogP contribution in [0.15, 0.2) is 43.0 Å². The molecule has 0 amide bonds. The Morgan fingerprint density at radius 1 is 0.816 bits per heavy atom. The summed E-state index contributed by atoms with van der Waals surface area (Å²) in [6.45, 7) is 7.63. The van der Waals surface area contributed by atoms with Gasteiger partial charge in [-0.3, -0.25) is 4.79 Å². The van der Waals surface area contributed by atoms with Crippen molar-refractivity contribution in [2.45, 2.75) is 135 Å². The number of allylic oxidation sites excluding steroid dienone is 1. The number of unbranched alkanes of at least 4 members (excludes halogenated alkanes) is 13. The van der Waals surface area contributed by atoms with Crippen molar-refractivity contribution in [3.05, 3.63) is 48.6 Å². The molecule has 3 atom stereocenters. The van der Waals surface area contributed by atoms with Gasteiger partial charge in [0.2, 0.25) is 0 Å². The maximum absolute atomic E-state index is 13.1. The van der Waals surface area contributed by atoms with E-state index in [-0.39, 0.29) is 5.78 Å². The molecule has 0 aromatic heterocycles. The fraction of sp³-hybridized carbons (Fsp3) is 0.697. The Morgan fingerprint density at radius 3 is 1.82 bits per heavy atom. The molecule has 0 bridgehead atoms. The second-order valence-electron chi connectivity index (χ2n) is 10.2. The molecule has 0 spiro atoms. The van der Waals surface area contributed by atoms with Crippen LogP contribution in [0.5, 0.6) is 0 Å². The Kier molecular flexibility index (Phi) is 24.0. The highest BCUT2D eigenvalue weighted by Gasteiger charge is 2.31. The summed E-state index contributed by atoms with van der Waals surface area (Å²) in [5, 5.41) is 17.9. The monoisotopic (exact) mass is 532 g/mol. The van der Waals surface area contributed by atoms with Gasteiger partial charge in [-0.05, 0) is 44.7 Å². The normalized spacial score (nSPS) is 13.1. The van der Waals surface area contributed by atoms with Gasteiger partial charge in [0.05, 0.1) is 11.7 Å². The van der Waals surface area contributed by atoms with Gasteiger partial charge < -0.3 is 14.9 Å². The zero-order chi connectivity index (χ0) is 28.4. The lowest BCUT2D eigenvalue weighted by Crippen LogP contribution is -2.37. The second kappa shape index (κ2) is 25.3. The summed E-state index contributed by atoms with van der Waals surface area (Å²) in [6, 6.07) is 8.70. The molecule has 218 valence electrons. The average Bonchev–Trinajstić information content (AvgIpc) is 2.94. The molecule has 0 fully saturated rings. The van der Waals surface area contributed by atoms with E-state index in [1.54, 1.807) is 31.2 Å². The van der Waals surface area contributed by atoms with Gasteiger partial charge in [0.1, 0.15) is 0 Å². The minimum Gasteiger partial charge on any atom is -0.451 e. The summed E-state index contributed by atoms with van der Waals surface area (Å²) in [4.78, 5) is 25.5. The number of hydrogen-bond acceptors (Lipinski definition) is 5. The highest BCUT2D eigenvalue weighted by Crippen LogP contribution is 2.23. The first-order valence-corrected chi connectivity index (χ1v) is 15.0. The van der Waals surface area contributed by atoms with Gasteiger partial charge >= 0.3 is 5.97 Å². The minimum absolute atomic E-state index is 0.189. The van der Waals surface area contributed by atoms with Crippen LogP contribution in [-0.2, 0) is 9.53 Å². The van der Waals surface area contributed by atoms with Gasteiger partial charge in [-0.2, -0.15) is 0 Å². The first-order valence-electron chi connectivity index (χ1n) is 15.0. The number of carbonyl (C=O) groups excluding carboxylic acids is 2. The molecule has 1 aromatic rings. The number of ether oxygens (including phenoxy) is 1. The third-order valence-electron chi connectivity index (χ3n) is 7.05. The Hall–Kier alpha value is -1.98. The van der Waals surface area contributed by atoms with E-state index in [1.165, 1.54) is 70.6 Å². The molecular weight excluding hydrogens is 476 g/mol. The summed E-state index contributed by atoms with van der Waals surface area (Å²) < 4.78 is 5.44. The van der Waals surface area contributed by atoms with Gasteiger partial charge in [-0.1, -0.05) is 115 Å². The van der Waals surface area contributed by atoms with Crippen molar-refractivity contribution in [1.29, 1.82) is 0 Å². The molecule has 5 heteroatoms. The molecule has 0 aliphatic rings. The number of carbonyl (C=O) groups is 2. The third kappa shape index (κ3) is 17.5. The number of hydrogen-bond donors (Lipinski definition) is 2. The van der Waals surface area contributed by atoms with Gasteiger partial charge in [-0.25, -0.2) is 4.79 Å². The molecule has 5 nitrogen and oxygen atoms in total. The molecule has 1 rings (SSSR count). The van der Waals surface area contributed by atoms with Gasteiger partial charge in [0.25, 0.3) is 0 Å². The van der Waals surface area contributed by atoms with Crippen LogP contribution in [0.25, 0.3) is 0 Å². The summed E-state index contributed by atoms with van der Waals surface area (Å²) in [7, 11) is 1.00. The fourth-order valence-electron chi connectivity index (χ4n) is 4.74. The zero-order valence-electron chi connectivity index (χ0n) is 24.5. The van der Waals surface area contributed by atoms with E-state index in [2.05, 4.69) is 13.5 Å². The number of Topliss-reactive ketones (excluding diaryl/α,β-unsaturated/α-hetero) is 1. The molecular formula is C33H56O5. The Labute approximate surface area is 233 Å². The summed E-state index contributed by atoms with van der Waals surface area (Å²) in [5.74, 6) is -1.21. The van der Waals surface area contributed by atoms with Crippen LogP contribution in [0.1, 0.15) is 133 Å². The van der Waals surface area contributed by atoms with E-state index in [9.17, 15) is 14.7 Å². The van der Waals surface area contributed by atoms with E-state index in [0.29, 0.717) is 18.4 Å². The molecule has 0 heterocycles. The smallest absolute Gasteiger partial charge is 0.338 e. The number of rotatable bonds is 23. The van der Waals surface area contributed by atoms with Crippen LogP contribution in [0, 0.1) is 5.92 Å². The summed E-state index contributed by atoms with van der Waals surface area (Å²) in [6.07, 6.45) is 19.7. The van der Waals surface area contributed by atoms with Crippen molar-refractivity contribution in [3.63, 3.8) is 0 Å². The number of aliphatic hydroxyl groups is 2. The molecule has 0 radical (unpaired) electrons. The molecule has 0 saturated heterocycles. The first kappa shape index (κ1) is 36.0. The number of ketones is 1. The SMILES string of the molecule is C=CCCC[C@@H](C(=O)[C@H](C)OC(=O)c1ccccc1)[C@H](O)CCCCCCCCCCCCCCC.CO. The first-order chi connectivity index (χ1) is 18.5. The van der Waals surface area contributed by atoms with Crippen molar-refractivity contribution >= 4 is 11.8 Å². The van der Waals surface area contributed by atoms with E-state index < -0.39 is 24.1 Å². The molecule has 1 aromatic carbocycles. The Balaban J connectivity index is 0.00000667. The Bertz CT molecular complexity index is 703. The lowest BCUT2D eigenvalue weighted by Gasteiger charge is -2.25. The van der Waals surface area contributed by atoms with Crippen LogP contribution in [0.4, 0.5) is 0 Å². The largest absolute Gasteiger partial charge is 0.451 e. The highest BCUT2D eigenvalue weighted by molar-refractivity contribution is 5.93. The van der Waals surface area contributed by atoms with E-state index >= 15 is 0 Å². The van der Waals surface area contributed by atoms with Gasteiger partial charge in [0.15, 0.2) is 11.9 Å². The maximum Gasteiger partial charge on any atom is 0.338 e. The predicted molar refractivity (Wildman–Crippen MR) is 158 cm³/mol. The standard InChI is InChI=1S/C32H52O4.CH4O/c1-4-6-8-9-10-11-12-13-14-15-16-17-22-26-30(33)29(25-19-7-5-2)31(34)27(3)36-32(35)28-23-20-18-21-24-28;1-2/h5,18,20-21,23-24,27,29-30,33H,2,4,6-17,19,22,25-26H2,1,3H3;2H,1H3/t27-,29+,30+;/m0./s1. The van der Waals surface area contributed by atoms with Crippen LogP contribution in [0.3, 0.4) is 0 Å². The van der Waals surface area contributed by atoms with Crippen molar-refractivity contribution in [1.82, 2.24) is 0 Å². The molecule has 0 aliphatic carbocycles. The second-order valence-corrected chi connectivity index (χ2v) is 10.2.